The number of para-hydroxylation sites is 1. The van der Waals surface area contributed by atoms with Crippen molar-refractivity contribution in [2.75, 3.05) is 18.0 Å². The molecule has 2 aliphatic rings. The van der Waals surface area contributed by atoms with E-state index in [1.54, 1.807) is 35.2 Å². The smallest absolute Gasteiger partial charge is 0.414 e. The first kappa shape index (κ1) is 21.2. The highest BCUT2D eigenvalue weighted by molar-refractivity contribution is 7.89. The maximum atomic E-state index is 13.5. The van der Waals surface area contributed by atoms with Crippen LogP contribution in [0.2, 0.25) is 5.02 Å². The van der Waals surface area contributed by atoms with Crippen molar-refractivity contribution in [3.05, 3.63) is 70.7 Å². The predicted molar refractivity (Wildman–Crippen MR) is 125 cm³/mol. The van der Waals surface area contributed by atoms with Gasteiger partial charge in [0.1, 0.15) is 6.61 Å². The van der Waals surface area contributed by atoms with E-state index in [0.717, 1.165) is 16.8 Å². The normalized spacial score (nSPS) is 17.9. The van der Waals surface area contributed by atoms with Crippen molar-refractivity contribution in [1.29, 1.82) is 0 Å². The number of sulfonamides is 1. The summed E-state index contributed by atoms with van der Waals surface area (Å²) in [6.07, 6.45) is 0.707. The molecule has 0 radical (unpaired) electrons. The van der Waals surface area contributed by atoms with E-state index in [4.69, 9.17) is 16.3 Å². The molecule has 0 saturated carbocycles. The SMILES string of the molecule is Cc1cccc2c1N(C1CCN(S(=O)(=O)c3cccc4c(Cl)cccc34)CC1)C(=O)OC2. The molecule has 32 heavy (non-hydrogen) atoms. The topological polar surface area (TPSA) is 66.9 Å². The molecule has 0 bridgehead atoms. The first-order chi connectivity index (χ1) is 15.4. The third-order valence-corrected chi connectivity index (χ3v) is 8.63. The lowest BCUT2D eigenvalue weighted by Crippen LogP contribution is -2.50. The number of hydrogen-bond acceptors (Lipinski definition) is 4. The summed E-state index contributed by atoms with van der Waals surface area (Å²) in [7, 11) is -3.70. The van der Waals surface area contributed by atoms with E-state index in [2.05, 4.69) is 0 Å². The van der Waals surface area contributed by atoms with Gasteiger partial charge in [-0.1, -0.05) is 54.1 Å². The number of carbonyl (C=O) groups is 1. The lowest BCUT2D eigenvalue weighted by molar-refractivity contribution is 0.135. The second-order valence-electron chi connectivity index (χ2n) is 8.23. The van der Waals surface area contributed by atoms with Gasteiger partial charge in [-0.2, -0.15) is 4.31 Å². The highest BCUT2D eigenvalue weighted by atomic mass is 35.5. The lowest BCUT2D eigenvalue weighted by atomic mass is 10.00. The van der Waals surface area contributed by atoms with Crippen LogP contribution in [0.5, 0.6) is 0 Å². The zero-order valence-electron chi connectivity index (χ0n) is 17.6. The summed E-state index contributed by atoms with van der Waals surface area (Å²) in [4.78, 5) is 14.6. The van der Waals surface area contributed by atoms with Crippen molar-refractivity contribution in [3.8, 4) is 0 Å². The first-order valence-electron chi connectivity index (χ1n) is 10.6. The number of amides is 1. The molecule has 0 aromatic heterocycles. The van der Waals surface area contributed by atoms with Gasteiger partial charge in [0.25, 0.3) is 0 Å². The Kier molecular flexibility index (Phi) is 5.35. The van der Waals surface area contributed by atoms with E-state index in [1.165, 1.54) is 4.31 Å². The molecule has 0 N–H and O–H groups in total. The molecule has 5 rings (SSSR count). The third kappa shape index (κ3) is 3.45. The Morgan fingerprint density at radius 1 is 0.969 bits per heavy atom. The number of aryl methyl sites for hydroxylation is 1. The number of benzene rings is 3. The number of piperidine rings is 1. The van der Waals surface area contributed by atoms with Gasteiger partial charge < -0.3 is 4.74 Å². The highest BCUT2D eigenvalue weighted by Gasteiger charge is 2.38. The molecule has 0 atom stereocenters. The zero-order chi connectivity index (χ0) is 22.5. The summed E-state index contributed by atoms with van der Waals surface area (Å²) < 4.78 is 33.9. The summed E-state index contributed by atoms with van der Waals surface area (Å²) in [5, 5.41) is 1.86. The van der Waals surface area contributed by atoms with Crippen LogP contribution in [0, 0.1) is 6.92 Å². The minimum absolute atomic E-state index is 0.115. The van der Waals surface area contributed by atoms with Crippen LogP contribution in [0.15, 0.2) is 59.5 Å². The van der Waals surface area contributed by atoms with Crippen molar-refractivity contribution in [3.63, 3.8) is 0 Å². The number of carbonyl (C=O) groups excluding carboxylic acids is 1. The summed E-state index contributed by atoms with van der Waals surface area (Å²) in [6.45, 7) is 2.91. The van der Waals surface area contributed by atoms with Crippen molar-refractivity contribution >= 4 is 44.2 Å². The molecule has 2 heterocycles. The molecule has 3 aromatic rings. The number of rotatable bonds is 3. The van der Waals surface area contributed by atoms with Gasteiger partial charge in [-0.25, -0.2) is 13.2 Å². The monoisotopic (exact) mass is 470 g/mol. The van der Waals surface area contributed by atoms with Crippen LogP contribution in [-0.4, -0.2) is 37.9 Å². The van der Waals surface area contributed by atoms with Gasteiger partial charge in [0.2, 0.25) is 10.0 Å². The quantitative estimate of drug-likeness (QED) is 0.533. The van der Waals surface area contributed by atoms with Crippen LogP contribution in [0.4, 0.5) is 10.5 Å². The van der Waals surface area contributed by atoms with Crippen LogP contribution in [-0.2, 0) is 21.4 Å². The van der Waals surface area contributed by atoms with Crippen LogP contribution < -0.4 is 4.90 Å². The minimum Gasteiger partial charge on any atom is -0.444 e. The molecule has 0 spiro atoms. The second-order valence-corrected chi connectivity index (χ2v) is 10.5. The van der Waals surface area contributed by atoms with E-state index < -0.39 is 10.0 Å². The van der Waals surface area contributed by atoms with Crippen molar-refractivity contribution in [2.45, 2.75) is 37.3 Å². The fourth-order valence-electron chi connectivity index (χ4n) is 4.76. The average molecular weight is 471 g/mol. The number of anilines is 1. The number of fused-ring (bicyclic) bond motifs is 2. The van der Waals surface area contributed by atoms with E-state index in [1.807, 2.05) is 31.2 Å². The molecule has 6 nitrogen and oxygen atoms in total. The summed E-state index contributed by atoms with van der Waals surface area (Å²) in [6, 6.07) is 16.3. The van der Waals surface area contributed by atoms with Crippen LogP contribution in [0.3, 0.4) is 0 Å². The minimum atomic E-state index is -3.70. The largest absolute Gasteiger partial charge is 0.444 e. The molecule has 8 heteroatoms. The molecule has 3 aromatic carbocycles. The van der Waals surface area contributed by atoms with Crippen molar-refractivity contribution in [2.24, 2.45) is 0 Å². The van der Waals surface area contributed by atoms with Gasteiger partial charge in [0, 0.05) is 40.5 Å². The Morgan fingerprint density at radius 3 is 2.44 bits per heavy atom. The van der Waals surface area contributed by atoms with Gasteiger partial charge >= 0.3 is 6.09 Å². The van der Waals surface area contributed by atoms with Crippen LogP contribution in [0.25, 0.3) is 10.8 Å². The zero-order valence-corrected chi connectivity index (χ0v) is 19.2. The Balaban J connectivity index is 1.41. The van der Waals surface area contributed by atoms with Crippen molar-refractivity contribution in [1.82, 2.24) is 4.31 Å². The number of halogens is 1. The summed E-state index contributed by atoms with van der Waals surface area (Å²) in [5.41, 5.74) is 2.89. The van der Waals surface area contributed by atoms with Gasteiger partial charge in [0.15, 0.2) is 0 Å². The predicted octanol–water partition coefficient (Wildman–Crippen LogP) is 5.11. The molecule has 1 amide bonds. The summed E-state index contributed by atoms with van der Waals surface area (Å²) >= 11 is 6.28. The molecule has 1 fully saturated rings. The molecule has 166 valence electrons. The van der Waals surface area contributed by atoms with Crippen molar-refractivity contribution < 1.29 is 17.9 Å². The number of cyclic esters (lactones) is 1. The first-order valence-corrected chi connectivity index (χ1v) is 12.4. The molecule has 2 aliphatic heterocycles. The highest BCUT2D eigenvalue weighted by Crippen LogP contribution is 2.36. The van der Waals surface area contributed by atoms with E-state index in [-0.39, 0.29) is 23.6 Å². The van der Waals surface area contributed by atoms with Gasteiger partial charge in [-0.3, -0.25) is 4.90 Å². The van der Waals surface area contributed by atoms with Gasteiger partial charge in [-0.15, -0.1) is 0 Å². The molecular weight excluding hydrogens is 448 g/mol. The second kappa shape index (κ2) is 8.06. The molecular formula is C24H23ClN2O4S. The Morgan fingerprint density at radius 2 is 1.66 bits per heavy atom. The maximum absolute atomic E-state index is 13.5. The number of nitrogens with zero attached hydrogens (tertiary/aromatic N) is 2. The Bertz CT molecular complexity index is 1320. The van der Waals surface area contributed by atoms with Gasteiger partial charge in [-0.05, 0) is 37.5 Å². The molecule has 1 saturated heterocycles. The van der Waals surface area contributed by atoms with Crippen LogP contribution >= 0.6 is 11.6 Å². The van der Waals surface area contributed by atoms with E-state index >= 15 is 0 Å². The standard InChI is InChI=1S/C24H23ClN2O4S/c1-16-5-2-6-17-15-31-24(28)27(23(16)17)18-11-13-26(14-12-18)32(29,30)22-10-4-7-19-20(22)8-3-9-21(19)25/h2-10,18H,11-15H2,1H3. The maximum Gasteiger partial charge on any atom is 0.414 e. The lowest BCUT2D eigenvalue weighted by Gasteiger charge is -2.40. The Hall–Kier alpha value is -2.61. The molecule has 0 aliphatic carbocycles. The Labute approximate surface area is 192 Å². The number of hydrogen-bond donors (Lipinski definition) is 0. The third-order valence-electron chi connectivity index (χ3n) is 6.35. The summed E-state index contributed by atoms with van der Waals surface area (Å²) in [5.74, 6) is 0. The van der Waals surface area contributed by atoms with E-state index in [9.17, 15) is 13.2 Å². The van der Waals surface area contributed by atoms with Crippen LogP contribution in [0.1, 0.15) is 24.0 Å². The van der Waals surface area contributed by atoms with Gasteiger partial charge in [0.05, 0.1) is 10.6 Å². The number of ether oxygens (including phenoxy) is 1. The van der Waals surface area contributed by atoms with E-state index in [0.29, 0.717) is 41.7 Å². The fourth-order valence-corrected chi connectivity index (χ4v) is 6.67. The molecule has 0 unspecified atom stereocenters. The fraction of sp³-hybridized carbons (Fsp3) is 0.292. The average Bonchev–Trinajstić information content (AvgIpc) is 2.79.